The minimum atomic E-state index is -4.51. The van der Waals surface area contributed by atoms with Gasteiger partial charge in [0.25, 0.3) is 5.56 Å². The van der Waals surface area contributed by atoms with Crippen LogP contribution in [0.2, 0.25) is 0 Å². The van der Waals surface area contributed by atoms with Gasteiger partial charge in [-0.2, -0.15) is 13.2 Å². The molecule has 0 saturated carbocycles. The van der Waals surface area contributed by atoms with Gasteiger partial charge in [-0.05, 0) is 48.9 Å². The second-order valence-corrected chi connectivity index (χ2v) is 7.49. The average Bonchev–Trinajstić information content (AvgIpc) is 2.78. The lowest BCUT2D eigenvalue weighted by atomic mass is 10.2. The number of pyridine rings is 1. The first kappa shape index (κ1) is 22.8. The summed E-state index contributed by atoms with van der Waals surface area (Å²) in [6.45, 7) is 1.91. The van der Waals surface area contributed by atoms with Crippen LogP contribution in [-0.2, 0) is 12.8 Å². The number of carbonyl (C=O) groups excluding carboxylic acids is 1. The number of rotatable bonds is 5. The van der Waals surface area contributed by atoms with Crippen LogP contribution in [0.15, 0.2) is 77.7 Å². The molecule has 2 amide bonds. The van der Waals surface area contributed by atoms with E-state index in [1.54, 1.807) is 36.5 Å². The third-order valence-corrected chi connectivity index (χ3v) is 4.79. The summed E-state index contributed by atoms with van der Waals surface area (Å²) in [5.41, 5.74) is 1.15. The van der Waals surface area contributed by atoms with Crippen molar-refractivity contribution >= 4 is 23.1 Å². The van der Waals surface area contributed by atoms with E-state index in [2.05, 4.69) is 15.6 Å². The lowest BCUT2D eigenvalue weighted by Gasteiger charge is -2.12. The number of ether oxygens (including phenoxy) is 1. The van der Waals surface area contributed by atoms with Crippen molar-refractivity contribution in [2.24, 2.45) is 0 Å². The number of fused-ring (bicyclic) bond motifs is 1. The molecule has 0 aliphatic rings. The van der Waals surface area contributed by atoms with Crippen molar-refractivity contribution in [2.45, 2.75) is 19.7 Å². The lowest BCUT2D eigenvalue weighted by molar-refractivity contribution is -0.137. The zero-order valence-corrected chi connectivity index (χ0v) is 17.9. The number of amides is 2. The van der Waals surface area contributed by atoms with Gasteiger partial charge in [-0.25, -0.2) is 9.78 Å². The number of urea groups is 1. The molecule has 2 heterocycles. The number of carbonyl (C=O) groups is 1. The highest BCUT2D eigenvalue weighted by molar-refractivity contribution is 5.99. The van der Waals surface area contributed by atoms with Gasteiger partial charge in [-0.3, -0.25) is 9.20 Å². The van der Waals surface area contributed by atoms with Crippen LogP contribution >= 0.6 is 0 Å². The fraction of sp³-hybridized carbons (Fsp3) is 0.125. The van der Waals surface area contributed by atoms with Crippen LogP contribution in [0.1, 0.15) is 16.8 Å². The summed E-state index contributed by atoms with van der Waals surface area (Å²) in [5.74, 6) is 0.405. The van der Waals surface area contributed by atoms with Gasteiger partial charge in [-0.15, -0.1) is 0 Å². The molecule has 174 valence electrons. The number of hydrogen-bond acceptors (Lipinski definition) is 4. The van der Waals surface area contributed by atoms with Crippen LogP contribution in [0.25, 0.3) is 5.65 Å². The van der Waals surface area contributed by atoms with Gasteiger partial charge < -0.3 is 15.4 Å². The van der Waals surface area contributed by atoms with Crippen LogP contribution in [0.5, 0.6) is 5.75 Å². The molecule has 0 saturated heterocycles. The zero-order chi connectivity index (χ0) is 24.3. The second kappa shape index (κ2) is 9.26. The van der Waals surface area contributed by atoms with E-state index in [9.17, 15) is 22.8 Å². The van der Waals surface area contributed by atoms with Gasteiger partial charge in [0.2, 0.25) is 0 Å². The molecule has 0 unspecified atom stereocenters. The number of aromatic nitrogens is 2. The molecule has 2 aromatic heterocycles. The minimum Gasteiger partial charge on any atom is -0.487 e. The first-order valence-corrected chi connectivity index (χ1v) is 10.1. The maximum atomic E-state index is 12.8. The standard InChI is InChI=1S/C24H19F3N4O3/c1-15-8-9-21-28-19(12-22(32)31(21)13-15)14-34-20-7-3-6-18(11-20)30-23(33)29-17-5-2-4-16(10-17)24(25,26)27/h2-13H,14H2,1H3,(H2,29,30,33). The molecule has 2 N–H and O–H groups in total. The van der Waals surface area contributed by atoms with Crippen LogP contribution in [0, 0.1) is 6.92 Å². The monoisotopic (exact) mass is 468 g/mol. The Labute approximate surface area is 191 Å². The van der Waals surface area contributed by atoms with E-state index in [4.69, 9.17) is 4.74 Å². The first-order chi connectivity index (χ1) is 16.2. The molecule has 7 nitrogen and oxygen atoms in total. The number of alkyl halides is 3. The molecule has 0 bridgehead atoms. The average molecular weight is 468 g/mol. The predicted octanol–water partition coefficient (Wildman–Crippen LogP) is 5.24. The number of aryl methyl sites for hydroxylation is 1. The molecular formula is C24H19F3N4O3. The van der Waals surface area contributed by atoms with E-state index in [-0.39, 0.29) is 17.9 Å². The van der Waals surface area contributed by atoms with Crippen molar-refractivity contribution in [2.75, 3.05) is 10.6 Å². The van der Waals surface area contributed by atoms with E-state index in [1.165, 1.54) is 22.6 Å². The molecular weight excluding hydrogens is 449 g/mol. The van der Waals surface area contributed by atoms with Crippen LogP contribution in [0.3, 0.4) is 0 Å². The summed E-state index contributed by atoms with van der Waals surface area (Å²) in [4.78, 5) is 29.0. The molecule has 0 radical (unpaired) electrons. The van der Waals surface area contributed by atoms with Crippen molar-refractivity contribution in [3.8, 4) is 5.75 Å². The van der Waals surface area contributed by atoms with Crippen molar-refractivity contribution in [1.82, 2.24) is 9.38 Å². The SMILES string of the molecule is Cc1ccc2nc(COc3cccc(NC(=O)Nc4cccc(C(F)(F)F)c4)c3)cc(=O)n2c1. The Kier molecular flexibility index (Phi) is 6.22. The fourth-order valence-electron chi connectivity index (χ4n) is 3.22. The number of benzene rings is 2. The molecule has 0 aliphatic heterocycles. The summed E-state index contributed by atoms with van der Waals surface area (Å²) >= 11 is 0. The molecule has 10 heteroatoms. The molecule has 0 fully saturated rings. The molecule has 0 aliphatic carbocycles. The van der Waals surface area contributed by atoms with Crippen LogP contribution in [0.4, 0.5) is 29.3 Å². The normalized spacial score (nSPS) is 11.3. The van der Waals surface area contributed by atoms with Crippen molar-refractivity contribution < 1.29 is 22.7 Å². The van der Waals surface area contributed by atoms with Gasteiger partial charge in [0.15, 0.2) is 0 Å². The molecule has 0 atom stereocenters. The topological polar surface area (TPSA) is 84.7 Å². The highest BCUT2D eigenvalue weighted by atomic mass is 19.4. The van der Waals surface area contributed by atoms with Crippen molar-refractivity contribution in [3.63, 3.8) is 0 Å². The molecule has 0 spiro atoms. The Morgan fingerprint density at radius 2 is 1.71 bits per heavy atom. The van der Waals surface area contributed by atoms with Crippen LogP contribution in [-0.4, -0.2) is 15.4 Å². The van der Waals surface area contributed by atoms with Gasteiger partial charge >= 0.3 is 12.2 Å². The Bertz CT molecular complexity index is 1420. The Hall–Kier alpha value is -4.34. The van der Waals surface area contributed by atoms with E-state index >= 15 is 0 Å². The first-order valence-electron chi connectivity index (χ1n) is 10.1. The van der Waals surface area contributed by atoms with E-state index in [0.29, 0.717) is 22.8 Å². The molecule has 2 aromatic carbocycles. The summed E-state index contributed by atoms with van der Waals surface area (Å²) in [6, 6.07) is 15.0. The van der Waals surface area contributed by atoms with Crippen LogP contribution < -0.4 is 20.9 Å². The van der Waals surface area contributed by atoms with Gasteiger partial charge in [-0.1, -0.05) is 18.2 Å². The highest BCUT2D eigenvalue weighted by Gasteiger charge is 2.30. The predicted molar refractivity (Wildman–Crippen MR) is 121 cm³/mol. The van der Waals surface area contributed by atoms with Crippen molar-refractivity contribution in [3.05, 3.63) is 100 Å². The molecule has 4 rings (SSSR count). The maximum Gasteiger partial charge on any atom is 0.416 e. The summed E-state index contributed by atoms with van der Waals surface area (Å²) in [6.07, 6.45) is -2.81. The summed E-state index contributed by atoms with van der Waals surface area (Å²) in [7, 11) is 0. The van der Waals surface area contributed by atoms with E-state index < -0.39 is 17.8 Å². The quantitative estimate of drug-likeness (QED) is 0.419. The number of halogens is 3. The number of anilines is 2. The van der Waals surface area contributed by atoms with E-state index in [1.807, 2.05) is 13.0 Å². The Balaban J connectivity index is 1.40. The fourth-order valence-corrected chi connectivity index (χ4v) is 3.22. The van der Waals surface area contributed by atoms with Gasteiger partial charge in [0, 0.05) is 29.7 Å². The Morgan fingerprint density at radius 3 is 2.44 bits per heavy atom. The molecule has 34 heavy (non-hydrogen) atoms. The smallest absolute Gasteiger partial charge is 0.416 e. The second-order valence-electron chi connectivity index (χ2n) is 7.49. The van der Waals surface area contributed by atoms with Crippen molar-refractivity contribution in [1.29, 1.82) is 0 Å². The third kappa shape index (κ3) is 5.52. The largest absolute Gasteiger partial charge is 0.487 e. The zero-order valence-electron chi connectivity index (χ0n) is 17.9. The number of nitrogens with one attached hydrogen (secondary N) is 2. The maximum absolute atomic E-state index is 12.8. The molecule has 4 aromatic rings. The Morgan fingerprint density at radius 1 is 1.00 bits per heavy atom. The van der Waals surface area contributed by atoms with E-state index in [0.717, 1.165) is 17.7 Å². The minimum absolute atomic E-state index is 0.00332. The summed E-state index contributed by atoms with van der Waals surface area (Å²) < 4.78 is 45.7. The van der Waals surface area contributed by atoms with Gasteiger partial charge in [0.1, 0.15) is 18.0 Å². The van der Waals surface area contributed by atoms with Gasteiger partial charge in [0.05, 0.1) is 11.3 Å². The number of hydrogen-bond donors (Lipinski definition) is 2. The summed E-state index contributed by atoms with van der Waals surface area (Å²) in [5, 5.41) is 4.91. The lowest BCUT2D eigenvalue weighted by Crippen LogP contribution is -2.19. The number of nitrogens with zero attached hydrogens (tertiary/aromatic N) is 2. The highest BCUT2D eigenvalue weighted by Crippen LogP contribution is 2.30. The third-order valence-electron chi connectivity index (χ3n) is 4.79.